The molecule has 0 fully saturated rings. The molecule has 10 nitrogen and oxygen atoms in total. The highest BCUT2D eigenvalue weighted by atomic mass is 35.5. The summed E-state index contributed by atoms with van der Waals surface area (Å²) >= 11 is 8.92. The Labute approximate surface area is 350 Å². The van der Waals surface area contributed by atoms with E-state index in [4.69, 9.17) is 35.7 Å². The van der Waals surface area contributed by atoms with E-state index in [-0.39, 0.29) is 24.0 Å². The lowest BCUT2D eigenvalue weighted by molar-refractivity contribution is -0.140. The summed E-state index contributed by atoms with van der Waals surface area (Å²) in [6, 6.07) is 27.4. The number of rotatable bonds is 14. The maximum atomic E-state index is 13.3. The predicted octanol–water partition coefficient (Wildman–Crippen LogP) is 8.40. The SMILES string of the molecule is COC(=O)CCn1c(C(=O)OC)c(C)c2c(-c3c(CSCc4cc(CO[Si](c5ccccc5)(c5ccccc5)C(C)(C)C)n(C)n4)nn4c3CCCC4)c(Cl)ccc21. The van der Waals surface area contributed by atoms with Crippen molar-refractivity contribution in [2.24, 2.45) is 7.05 Å². The number of methoxy groups -OCH3 is 2. The third kappa shape index (κ3) is 7.79. The van der Waals surface area contributed by atoms with Gasteiger partial charge in [-0.25, -0.2) is 4.79 Å². The average molecular weight is 839 g/mol. The van der Waals surface area contributed by atoms with E-state index in [1.807, 2.05) is 35.4 Å². The van der Waals surface area contributed by atoms with Crippen molar-refractivity contribution >= 4 is 64.9 Å². The lowest BCUT2D eigenvalue weighted by Crippen LogP contribution is -2.66. The molecule has 304 valence electrons. The third-order valence-corrected chi connectivity index (χ3v) is 17.6. The van der Waals surface area contributed by atoms with Crippen molar-refractivity contribution in [2.75, 3.05) is 14.2 Å². The molecule has 6 aromatic rings. The van der Waals surface area contributed by atoms with Crippen LogP contribution in [0.2, 0.25) is 10.1 Å². The van der Waals surface area contributed by atoms with Gasteiger partial charge in [0.15, 0.2) is 0 Å². The first-order chi connectivity index (χ1) is 27.9. The number of carbonyl (C=O) groups is 2. The molecule has 0 unspecified atom stereocenters. The number of hydrogen-bond acceptors (Lipinski definition) is 8. The average Bonchev–Trinajstić information content (AvgIpc) is 3.86. The van der Waals surface area contributed by atoms with Gasteiger partial charge in [-0.15, -0.1) is 11.8 Å². The van der Waals surface area contributed by atoms with E-state index in [1.165, 1.54) is 24.6 Å². The summed E-state index contributed by atoms with van der Waals surface area (Å²) in [5.74, 6) is 0.488. The molecule has 0 atom stereocenters. The van der Waals surface area contributed by atoms with E-state index in [2.05, 4.69) is 92.2 Å². The van der Waals surface area contributed by atoms with Crippen molar-refractivity contribution in [2.45, 2.75) is 89.6 Å². The van der Waals surface area contributed by atoms with Crippen LogP contribution in [-0.4, -0.2) is 58.6 Å². The number of ether oxygens (including phenoxy) is 2. The van der Waals surface area contributed by atoms with Gasteiger partial charge in [0.05, 0.1) is 44.3 Å². The van der Waals surface area contributed by atoms with E-state index in [0.717, 1.165) is 76.2 Å². The molecule has 0 radical (unpaired) electrons. The van der Waals surface area contributed by atoms with Crippen molar-refractivity contribution in [1.82, 2.24) is 24.1 Å². The van der Waals surface area contributed by atoms with E-state index in [1.54, 1.807) is 11.8 Å². The molecular formula is C45H52ClN5O5SSi. The van der Waals surface area contributed by atoms with E-state index in [9.17, 15) is 9.59 Å². The molecule has 58 heavy (non-hydrogen) atoms. The number of aromatic nitrogens is 5. The first kappa shape index (κ1) is 41.5. The molecule has 7 rings (SSSR count). The molecule has 1 aliphatic heterocycles. The van der Waals surface area contributed by atoms with Gasteiger partial charge >= 0.3 is 11.9 Å². The van der Waals surface area contributed by atoms with Gasteiger partial charge in [0.2, 0.25) is 0 Å². The van der Waals surface area contributed by atoms with Crippen molar-refractivity contribution in [3.05, 3.63) is 118 Å². The van der Waals surface area contributed by atoms with Crippen LogP contribution in [0.1, 0.15) is 78.9 Å². The van der Waals surface area contributed by atoms with Gasteiger partial charge in [-0.2, -0.15) is 10.2 Å². The lowest BCUT2D eigenvalue weighted by atomic mass is 9.94. The number of aryl methyl sites for hydroxylation is 4. The number of carbonyl (C=O) groups excluding carboxylic acids is 2. The molecule has 0 aliphatic carbocycles. The Kier molecular flexibility index (Phi) is 12.4. The molecule has 0 saturated carbocycles. The first-order valence-electron chi connectivity index (χ1n) is 19.8. The van der Waals surface area contributed by atoms with Gasteiger partial charge < -0.3 is 18.5 Å². The van der Waals surface area contributed by atoms with Crippen LogP contribution in [0.25, 0.3) is 22.0 Å². The number of fused-ring (bicyclic) bond motifs is 2. The van der Waals surface area contributed by atoms with Gasteiger partial charge in [0.25, 0.3) is 8.32 Å². The Bertz CT molecular complexity index is 2400. The third-order valence-electron chi connectivity index (χ3n) is 11.4. The van der Waals surface area contributed by atoms with Crippen molar-refractivity contribution in [3.63, 3.8) is 0 Å². The molecule has 3 aromatic heterocycles. The van der Waals surface area contributed by atoms with Gasteiger partial charge in [-0.05, 0) is 65.4 Å². The van der Waals surface area contributed by atoms with Crippen LogP contribution >= 0.6 is 23.4 Å². The number of hydrogen-bond donors (Lipinski definition) is 0. The van der Waals surface area contributed by atoms with Gasteiger partial charge in [0, 0.05) is 64.4 Å². The normalized spacial score (nSPS) is 13.2. The quantitative estimate of drug-likeness (QED) is 0.0797. The molecular weight excluding hydrogens is 786 g/mol. The highest BCUT2D eigenvalue weighted by molar-refractivity contribution is 7.97. The minimum atomic E-state index is -2.73. The van der Waals surface area contributed by atoms with Crippen LogP contribution in [0.3, 0.4) is 0 Å². The standard InChI is InChI=1S/C45H52ClN5O5SSi/c1-30-40-37(50(25-23-39(52)54-6)43(30)44(53)55-7)22-21-35(46)41(40)42-36(48-51-24-15-14-20-38(42)51)29-57-28-31-26-32(49(5)47-31)27-56-58(45(2,3)4,33-16-10-8-11-17-33)34-18-12-9-13-19-34/h8-13,16-19,21-22,26H,14-15,20,23-25,27-29H2,1-7H3. The van der Waals surface area contributed by atoms with Crippen LogP contribution in [0, 0.1) is 6.92 Å². The van der Waals surface area contributed by atoms with Gasteiger partial charge in [-0.3, -0.25) is 14.2 Å². The Morgan fingerprint density at radius 1 is 0.897 bits per heavy atom. The Balaban J connectivity index is 1.18. The molecule has 1 aliphatic rings. The van der Waals surface area contributed by atoms with Gasteiger partial charge in [-0.1, -0.05) is 93.0 Å². The summed E-state index contributed by atoms with van der Waals surface area (Å²) in [5.41, 5.74) is 7.92. The van der Waals surface area contributed by atoms with E-state index < -0.39 is 14.3 Å². The smallest absolute Gasteiger partial charge is 0.354 e. The molecule has 4 heterocycles. The van der Waals surface area contributed by atoms with E-state index in [0.29, 0.717) is 28.8 Å². The second-order valence-electron chi connectivity index (χ2n) is 15.9. The predicted molar refractivity (Wildman–Crippen MR) is 234 cm³/mol. The number of thioether (sulfide) groups is 1. The summed E-state index contributed by atoms with van der Waals surface area (Å²) in [4.78, 5) is 25.5. The number of esters is 2. The zero-order valence-electron chi connectivity index (χ0n) is 34.4. The first-order valence-corrected chi connectivity index (χ1v) is 23.2. The minimum Gasteiger partial charge on any atom is -0.469 e. The summed E-state index contributed by atoms with van der Waals surface area (Å²) in [6.45, 7) is 10.3. The van der Waals surface area contributed by atoms with Crippen molar-refractivity contribution in [1.29, 1.82) is 0 Å². The van der Waals surface area contributed by atoms with Crippen LogP contribution in [0.4, 0.5) is 0 Å². The number of halogens is 1. The topological polar surface area (TPSA) is 102 Å². The Hall–Kier alpha value is -4.62. The maximum absolute atomic E-state index is 13.3. The van der Waals surface area contributed by atoms with Crippen LogP contribution in [-0.2, 0) is 63.4 Å². The summed E-state index contributed by atoms with van der Waals surface area (Å²) in [6.07, 6.45) is 3.09. The summed E-state index contributed by atoms with van der Waals surface area (Å²) in [7, 11) is 2.00. The molecule has 0 N–H and O–H groups in total. The fraction of sp³-hybridized carbons (Fsp3) is 0.378. The summed E-state index contributed by atoms with van der Waals surface area (Å²) in [5, 5.41) is 13.9. The zero-order valence-corrected chi connectivity index (χ0v) is 37.0. The summed E-state index contributed by atoms with van der Waals surface area (Å²) < 4.78 is 23.4. The molecule has 0 spiro atoms. The second-order valence-corrected chi connectivity index (χ2v) is 21.6. The largest absolute Gasteiger partial charge is 0.469 e. The molecule has 0 bridgehead atoms. The number of benzene rings is 3. The molecule has 13 heteroatoms. The Morgan fingerprint density at radius 3 is 2.22 bits per heavy atom. The van der Waals surface area contributed by atoms with Crippen molar-refractivity contribution in [3.8, 4) is 11.1 Å². The molecule has 3 aromatic carbocycles. The highest BCUT2D eigenvalue weighted by Gasteiger charge is 2.50. The molecule has 0 amide bonds. The second kappa shape index (κ2) is 17.3. The fourth-order valence-electron chi connectivity index (χ4n) is 8.66. The maximum Gasteiger partial charge on any atom is 0.354 e. The zero-order chi connectivity index (χ0) is 41.2. The number of nitrogens with zero attached hydrogens (tertiary/aromatic N) is 5. The van der Waals surface area contributed by atoms with Gasteiger partial charge in [0.1, 0.15) is 5.69 Å². The highest BCUT2D eigenvalue weighted by Crippen LogP contribution is 2.44. The monoisotopic (exact) mass is 837 g/mol. The van der Waals surface area contributed by atoms with Crippen molar-refractivity contribution < 1.29 is 23.5 Å². The lowest BCUT2D eigenvalue weighted by Gasteiger charge is -2.43. The van der Waals surface area contributed by atoms with Crippen LogP contribution < -0.4 is 10.4 Å². The molecule has 0 saturated heterocycles. The minimum absolute atomic E-state index is 0.105. The van der Waals surface area contributed by atoms with Crippen LogP contribution in [0.15, 0.2) is 78.9 Å². The van der Waals surface area contributed by atoms with Crippen LogP contribution in [0.5, 0.6) is 0 Å². The van der Waals surface area contributed by atoms with E-state index >= 15 is 0 Å². The Morgan fingerprint density at radius 2 is 1.59 bits per heavy atom. The fourth-order valence-corrected chi connectivity index (χ4v) is 14.3.